The Morgan fingerprint density at radius 1 is 0.919 bits per heavy atom. The van der Waals surface area contributed by atoms with E-state index >= 15 is 0 Å². The maximum Gasteiger partial charge on any atom is 0.269 e. The number of amides is 2. The van der Waals surface area contributed by atoms with E-state index in [1.807, 2.05) is 25.3 Å². The molecule has 0 aliphatic rings. The van der Waals surface area contributed by atoms with Gasteiger partial charge in [0.25, 0.3) is 32.1 Å². The molecule has 2 aromatic heterocycles. The van der Waals surface area contributed by atoms with E-state index in [4.69, 9.17) is 14.9 Å². The van der Waals surface area contributed by atoms with Crippen molar-refractivity contribution in [2.75, 3.05) is 30.0 Å². The second-order valence-electron chi connectivity index (χ2n) is 7.18. The molecule has 0 bridgehead atoms. The highest BCUT2D eigenvalue weighted by Gasteiger charge is 2.19. The summed E-state index contributed by atoms with van der Waals surface area (Å²) in [6.07, 6.45) is 0. The quantitative estimate of drug-likeness (QED) is 0.116. The number of nitrogens with two attached hydrogens (primary N) is 1. The van der Waals surface area contributed by atoms with E-state index in [0.29, 0.717) is 16.8 Å². The normalized spacial score (nSPS) is 11.4. The first kappa shape index (κ1) is 30.1. The average molecular weight is 574 g/mol. The van der Waals surface area contributed by atoms with Crippen LogP contribution in [0.3, 0.4) is 0 Å². The summed E-state index contributed by atoms with van der Waals surface area (Å²) in [4.78, 5) is 29.3. The van der Waals surface area contributed by atoms with E-state index in [9.17, 15) is 26.4 Å². The van der Waals surface area contributed by atoms with Crippen LogP contribution >= 0.6 is 11.3 Å². The Kier molecular flexibility index (Phi) is 10.5. The lowest BCUT2D eigenvalue weighted by molar-refractivity contribution is 0.0947. The van der Waals surface area contributed by atoms with Crippen molar-refractivity contribution < 1.29 is 35.5 Å². The van der Waals surface area contributed by atoms with Crippen molar-refractivity contribution in [2.24, 2.45) is 5.84 Å². The zero-order chi connectivity index (χ0) is 27.8. The number of hydrogen-bond donors (Lipinski definition) is 6. The van der Waals surface area contributed by atoms with Gasteiger partial charge in [-0.2, -0.15) is 16.8 Å². The largest absolute Gasteiger partial charge is 0.350 e. The van der Waals surface area contributed by atoms with Gasteiger partial charge in [-0.3, -0.25) is 24.5 Å². The van der Waals surface area contributed by atoms with Crippen LogP contribution in [-0.2, 0) is 20.2 Å². The first-order chi connectivity index (χ1) is 17.4. The number of nitrogens with zero attached hydrogens (tertiary/aromatic N) is 1. The summed E-state index contributed by atoms with van der Waals surface area (Å²) in [5.74, 6) is 2.53. The molecule has 16 heteroatoms. The number of hydrogen-bond acceptors (Lipinski definition) is 10. The number of nitrogens with one attached hydrogen (secondary N) is 3. The minimum atomic E-state index is -4.31. The molecule has 0 spiro atoms. The van der Waals surface area contributed by atoms with Crippen molar-refractivity contribution >= 4 is 59.2 Å². The van der Waals surface area contributed by atoms with E-state index in [0.717, 1.165) is 10.1 Å². The molecule has 1 aromatic carbocycles. The SMILES string of the molecule is CC.NNc1ccc(-c2cc(C(=O)NCCS(=O)(=O)O)nc(C(=O)NCCS(=O)(=O)O)c2)c2sccc12. The zero-order valence-corrected chi connectivity index (χ0v) is 22.3. The van der Waals surface area contributed by atoms with E-state index in [1.165, 1.54) is 23.5 Å². The lowest BCUT2D eigenvalue weighted by Crippen LogP contribution is -2.32. The van der Waals surface area contributed by atoms with Crippen LogP contribution < -0.4 is 21.9 Å². The van der Waals surface area contributed by atoms with Gasteiger partial charge in [0.05, 0.1) is 17.2 Å². The molecule has 2 heterocycles. The third kappa shape index (κ3) is 8.73. The fourth-order valence-corrected chi connectivity index (χ4v) is 4.78. The van der Waals surface area contributed by atoms with E-state index in [1.54, 1.807) is 12.1 Å². The molecule has 13 nitrogen and oxygen atoms in total. The molecule has 0 saturated carbocycles. The van der Waals surface area contributed by atoms with Gasteiger partial charge in [-0.25, -0.2) is 4.98 Å². The van der Waals surface area contributed by atoms with Gasteiger partial charge in [-0.15, -0.1) is 11.3 Å². The van der Waals surface area contributed by atoms with Gasteiger partial charge in [0.2, 0.25) is 0 Å². The minimum Gasteiger partial charge on any atom is -0.350 e. The van der Waals surface area contributed by atoms with Crippen molar-refractivity contribution in [3.8, 4) is 11.1 Å². The highest BCUT2D eigenvalue weighted by molar-refractivity contribution is 7.86. The first-order valence-corrected chi connectivity index (χ1v) is 14.9. The Balaban J connectivity index is 0.00000235. The van der Waals surface area contributed by atoms with Crippen molar-refractivity contribution in [1.29, 1.82) is 0 Å². The van der Waals surface area contributed by atoms with Crippen molar-refractivity contribution in [3.05, 3.63) is 47.1 Å². The molecule has 0 radical (unpaired) electrons. The maximum atomic E-state index is 12.6. The summed E-state index contributed by atoms with van der Waals surface area (Å²) in [6, 6.07) is 8.08. The molecule has 2 amide bonds. The van der Waals surface area contributed by atoms with Crippen LogP contribution in [0.15, 0.2) is 35.7 Å². The summed E-state index contributed by atoms with van der Waals surface area (Å²) < 4.78 is 62.2. The number of rotatable bonds is 10. The summed E-state index contributed by atoms with van der Waals surface area (Å²) in [5.41, 5.74) is 3.89. The third-order valence-electron chi connectivity index (χ3n) is 4.66. The Bertz CT molecular complexity index is 1420. The highest BCUT2D eigenvalue weighted by atomic mass is 32.2. The van der Waals surface area contributed by atoms with Crippen LogP contribution in [0.25, 0.3) is 21.2 Å². The molecule has 37 heavy (non-hydrogen) atoms. The molecule has 202 valence electrons. The summed E-state index contributed by atoms with van der Waals surface area (Å²) in [5, 5.41) is 7.24. The molecule has 0 aliphatic heterocycles. The third-order valence-corrected chi connectivity index (χ3v) is 7.05. The van der Waals surface area contributed by atoms with E-state index in [-0.39, 0.29) is 11.4 Å². The Morgan fingerprint density at radius 2 is 1.43 bits per heavy atom. The van der Waals surface area contributed by atoms with E-state index in [2.05, 4.69) is 21.0 Å². The van der Waals surface area contributed by atoms with Gasteiger partial charge in [0.1, 0.15) is 11.4 Å². The number of aromatic nitrogens is 1. The average Bonchev–Trinajstić information content (AvgIpc) is 3.33. The molecule has 0 fully saturated rings. The van der Waals surface area contributed by atoms with Gasteiger partial charge < -0.3 is 16.1 Å². The molecule has 3 rings (SSSR count). The second-order valence-corrected chi connectivity index (χ2v) is 11.2. The number of carbonyl (C=O) groups is 2. The molecule has 0 unspecified atom stereocenters. The predicted octanol–water partition coefficient (Wildman–Crippen LogP) is 1.51. The monoisotopic (exact) mass is 573 g/mol. The van der Waals surface area contributed by atoms with Gasteiger partial charge >= 0.3 is 0 Å². The number of benzene rings is 1. The number of pyridine rings is 1. The standard InChI is InChI=1S/C19H21N5O8S3.C2H6/c20-24-14-2-1-12(17-13(14)3-6-33-17)11-9-15(18(25)21-4-7-34(27,28)29)23-16(10-11)19(26)22-5-8-35(30,31)32;1-2/h1-3,6,9-10,24H,4-5,7-8,20H2,(H,21,25)(H,22,26)(H,27,28,29)(H,30,31,32);1-2H3. The fraction of sp³-hybridized carbons (Fsp3) is 0.286. The Hall–Kier alpha value is -3.15. The Morgan fingerprint density at radius 3 is 1.89 bits per heavy atom. The number of nitrogen functional groups attached to an aromatic ring is 1. The van der Waals surface area contributed by atoms with Crippen molar-refractivity contribution in [1.82, 2.24) is 15.6 Å². The van der Waals surface area contributed by atoms with Crippen molar-refractivity contribution in [3.63, 3.8) is 0 Å². The molecule has 0 saturated heterocycles. The maximum absolute atomic E-state index is 12.6. The molecule has 7 N–H and O–H groups in total. The van der Waals surface area contributed by atoms with Crippen molar-refractivity contribution in [2.45, 2.75) is 13.8 Å². The van der Waals surface area contributed by atoms with Crippen LogP contribution in [0.2, 0.25) is 0 Å². The first-order valence-electron chi connectivity index (χ1n) is 10.8. The summed E-state index contributed by atoms with van der Waals surface area (Å²) >= 11 is 1.39. The fourth-order valence-electron chi connectivity index (χ4n) is 3.10. The lowest BCUT2D eigenvalue weighted by atomic mass is 10.0. The number of fused-ring (bicyclic) bond motifs is 1. The van der Waals surface area contributed by atoms with Gasteiger partial charge in [-0.1, -0.05) is 19.9 Å². The van der Waals surface area contributed by atoms with E-state index < -0.39 is 56.6 Å². The smallest absolute Gasteiger partial charge is 0.269 e. The van der Waals surface area contributed by atoms with Crippen LogP contribution in [0.5, 0.6) is 0 Å². The van der Waals surface area contributed by atoms with Gasteiger partial charge in [-0.05, 0) is 40.8 Å². The highest BCUT2D eigenvalue weighted by Crippen LogP contribution is 2.37. The topological polar surface area (TPSA) is 218 Å². The predicted molar refractivity (Wildman–Crippen MR) is 142 cm³/mol. The van der Waals surface area contributed by atoms with Crippen LogP contribution in [0, 0.1) is 0 Å². The molecular formula is C21H27N5O8S3. The number of hydrazine groups is 1. The molecular weight excluding hydrogens is 546 g/mol. The second kappa shape index (κ2) is 12.9. The van der Waals surface area contributed by atoms with Gasteiger partial charge in [0.15, 0.2) is 0 Å². The number of thiophene rings is 1. The minimum absolute atomic E-state index is 0.219. The summed E-state index contributed by atoms with van der Waals surface area (Å²) in [7, 11) is -8.61. The lowest BCUT2D eigenvalue weighted by Gasteiger charge is -2.12. The molecule has 0 atom stereocenters. The van der Waals surface area contributed by atoms with Crippen LogP contribution in [-0.4, -0.2) is 67.3 Å². The summed E-state index contributed by atoms with van der Waals surface area (Å²) in [6.45, 7) is 3.21. The van der Waals surface area contributed by atoms with Crippen LogP contribution in [0.1, 0.15) is 34.8 Å². The Labute approximate surface area is 217 Å². The van der Waals surface area contributed by atoms with Crippen LogP contribution in [0.4, 0.5) is 5.69 Å². The molecule has 0 aliphatic carbocycles. The zero-order valence-electron chi connectivity index (χ0n) is 19.9. The number of anilines is 1. The number of carbonyl (C=O) groups excluding carboxylic acids is 2. The molecule has 3 aromatic rings. The van der Waals surface area contributed by atoms with Gasteiger partial charge in [0, 0.05) is 23.2 Å².